The van der Waals surface area contributed by atoms with Crippen LogP contribution in [-0.4, -0.2) is 0 Å². The highest BCUT2D eigenvalue weighted by Crippen LogP contribution is 2.26. The fraction of sp³-hybridized carbons (Fsp3) is 0.417. The molecule has 0 aromatic rings. The minimum Gasteiger partial charge on any atom is -0.192 e. The Labute approximate surface area is 90.4 Å². The quantitative estimate of drug-likeness (QED) is 0.639. The third kappa shape index (κ3) is 2.49. The van der Waals surface area contributed by atoms with Gasteiger partial charge in [-0.3, -0.25) is 0 Å². The van der Waals surface area contributed by atoms with Gasteiger partial charge in [-0.25, -0.2) is 0 Å². The molecule has 0 bridgehead atoms. The summed E-state index contributed by atoms with van der Waals surface area (Å²) in [5, 5.41) is 9.56. The average Bonchev–Trinajstić information content (AvgIpc) is 2.15. The summed E-state index contributed by atoms with van der Waals surface area (Å²) in [4.78, 5) is 0. The number of rotatable bonds is 1. The summed E-state index contributed by atoms with van der Waals surface area (Å²) < 4.78 is 0. The van der Waals surface area contributed by atoms with Crippen molar-refractivity contribution in [1.82, 2.24) is 0 Å². The van der Waals surface area contributed by atoms with E-state index in [4.69, 9.17) is 16.9 Å². The Morgan fingerprint density at radius 1 is 1.64 bits per heavy atom. The first kappa shape index (κ1) is 11.1. The van der Waals surface area contributed by atoms with E-state index in [-0.39, 0.29) is 0 Å². The van der Waals surface area contributed by atoms with Crippen LogP contribution in [-0.2, 0) is 0 Å². The highest BCUT2D eigenvalue weighted by atomic mass is 35.5. The second-order valence-electron chi connectivity index (χ2n) is 3.50. The van der Waals surface area contributed by atoms with E-state index in [1.807, 2.05) is 19.1 Å². The van der Waals surface area contributed by atoms with Crippen LogP contribution < -0.4 is 0 Å². The molecule has 0 aromatic heterocycles. The molecule has 0 amide bonds. The maximum absolute atomic E-state index is 9.00. The van der Waals surface area contributed by atoms with Crippen LogP contribution in [0.2, 0.25) is 0 Å². The molecule has 0 fully saturated rings. The maximum atomic E-state index is 9.00. The minimum atomic E-state index is 0.481. The summed E-state index contributed by atoms with van der Waals surface area (Å²) in [5.41, 5.74) is 1.69. The Morgan fingerprint density at radius 2 is 2.36 bits per heavy atom. The molecule has 0 aliphatic heterocycles. The summed E-state index contributed by atoms with van der Waals surface area (Å²) >= 11 is 6.01. The van der Waals surface area contributed by atoms with Crippen molar-refractivity contribution in [2.24, 2.45) is 5.92 Å². The van der Waals surface area contributed by atoms with Crippen molar-refractivity contribution >= 4 is 11.6 Å². The van der Waals surface area contributed by atoms with Gasteiger partial charge in [0.05, 0.1) is 10.6 Å². The number of halogens is 1. The van der Waals surface area contributed by atoms with Crippen LogP contribution in [0.3, 0.4) is 0 Å². The van der Waals surface area contributed by atoms with Crippen molar-refractivity contribution in [2.75, 3.05) is 0 Å². The normalized spacial score (nSPS) is 22.4. The molecule has 1 unspecified atom stereocenters. The molecule has 0 heterocycles. The Balaban J connectivity index is 3.19. The lowest BCUT2D eigenvalue weighted by Crippen LogP contribution is -1.97. The van der Waals surface area contributed by atoms with Gasteiger partial charge in [0.25, 0.3) is 0 Å². The van der Waals surface area contributed by atoms with E-state index in [0.29, 0.717) is 16.5 Å². The van der Waals surface area contributed by atoms with Crippen LogP contribution in [0.1, 0.15) is 26.7 Å². The van der Waals surface area contributed by atoms with Gasteiger partial charge in [-0.2, -0.15) is 5.26 Å². The Morgan fingerprint density at radius 3 is 2.93 bits per heavy atom. The number of hydrogen-bond acceptors (Lipinski definition) is 1. The van der Waals surface area contributed by atoms with Gasteiger partial charge in [0.15, 0.2) is 0 Å². The van der Waals surface area contributed by atoms with E-state index in [1.165, 1.54) is 0 Å². The standard InChI is InChI=1S/C12H14ClN/c1-3-10-7-9(2)5-4-6-12(13)11(10)8-14/h4,6-7,9H,3,5H2,1-2H3. The van der Waals surface area contributed by atoms with Crippen LogP contribution in [0, 0.1) is 17.2 Å². The lowest BCUT2D eigenvalue weighted by atomic mass is 9.95. The summed E-state index contributed by atoms with van der Waals surface area (Å²) in [5.74, 6) is 0.481. The zero-order valence-electron chi connectivity index (χ0n) is 8.55. The number of allylic oxidation sites excluding steroid dienone is 6. The molecular formula is C12H14ClN. The van der Waals surface area contributed by atoms with Gasteiger partial charge in [-0.1, -0.05) is 37.6 Å². The third-order valence-corrected chi connectivity index (χ3v) is 2.63. The predicted octanol–water partition coefficient (Wildman–Crippen LogP) is 3.94. The molecule has 1 rings (SSSR count). The van der Waals surface area contributed by atoms with Crippen molar-refractivity contribution in [1.29, 1.82) is 5.26 Å². The monoisotopic (exact) mass is 207 g/mol. The third-order valence-electron chi connectivity index (χ3n) is 2.31. The summed E-state index contributed by atoms with van der Waals surface area (Å²) in [7, 11) is 0. The largest absolute Gasteiger partial charge is 0.192 e. The van der Waals surface area contributed by atoms with Gasteiger partial charge in [0.1, 0.15) is 6.07 Å². The van der Waals surface area contributed by atoms with E-state index in [1.54, 1.807) is 0 Å². The number of nitrogens with zero attached hydrogens (tertiary/aromatic N) is 1. The van der Waals surface area contributed by atoms with E-state index in [2.05, 4.69) is 19.1 Å². The van der Waals surface area contributed by atoms with E-state index >= 15 is 0 Å². The van der Waals surface area contributed by atoms with Crippen molar-refractivity contribution in [3.8, 4) is 6.07 Å². The van der Waals surface area contributed by atoms with E-state index in [0.717, 1.165) is 18.4 Å². The fourth-order valence-electron chi connectivity index (χ4n) is 1.54. The van der Waals surface area contributed by atoms with Gasteiger partial charge >= 0.3 is 0 Å². The topological polar surface area (TPSA) is 23.8 Å². The first-order valence-corrected chi connectivity index (χ1v) is 5.24. The average molecular weight is 208 g/mol. The summed E-state index contributed by atoms with van der Waals surface area (Å²) in [6.07, 6.45) is 7.84. The Kier molecular flexibility index (Phi) is 3.98. The van der Waals surface area contributed by atoms with Gasteiger partial charge < -0.3 is 0 Å². The highest BCUT2D eigenvalue weighted by molar-refractivity contribution is 6.32. The number of nitriles is 1. The van der Waals surface area contributed by atoms with E-state index < -0.39 is 0 Å². The SMILES string of the molecule is CCC1=CC(C)CC=CC(Cl)=C1C#N. The van der Waals surface area contributed by atoms with Crippen molar-refractivity contribution in [3.05, 3.63) is 34.4 Å². The molecule has 1 aliphatic carbocycles. The second-order valence-corrected chi connectivity index (χ2v) is 3.90. The molecule has 1 aliphatic rings. The molecule has 0 N–H and O–H groups in total. The van der Waals surface area contributed by atoms with E-state index in [9.17, 15) is 0 Å². The summed E-state index contributed by atoms with van der Waals surface area (Å²) in [6.45, 7) is 4.19. The van der Waals surface area contributed by atoms with Crippen LogP contribution in [0.25, 0.3) is 0 Å². The molecule has 0 saturated heterocycles. The first-order chi connectivity index (χ1) is 6.69. The first-order valence-electron chi connectivity index (χ1n) is 4.86. The van der Waals surface area contributed by atoms with Crippen LogP contribution in [0.15, 0.2) is 34.4 Å². The molecular weight excluding hydrogens is 194 g/mol. The molecule has 1 atom stereocenters. The van der Waals surface area contributed by atoms with Gasteiger partial charge in [-0.05, 0) is 30.4 Å². The molecule has 0 aromatic carbocycles. The number of hydrogen-bond donors (Lipinski definition) is 0. The van der Waals surface area contributed by atoms with Crippen LogP contribution >= 0.6 is 11.6 Å². The summed E-state index contributed by atoms with van der Waals surface area (Å²) in [6, 6.07) is 2.17. The highest BCUT2D eigenvalue weighted by Gasteiger charge is 2.10. The zero-order valence-corrected chi connectivity index (χ0v) is 9.30. The smallest absolute Gasteiger partial charge is 0.101 e. The molecule has 0 radical (unpaired) electrons. The van der Waals surface area contributed by atoms with Crippen molar-refractivity contribution < 1.29 is 0 Å². The lowest BCUT2D eigenvalue weighted by molar-refractivity contribution is 0.733. The molecule has 0 spiro atoms. The zero-order chi connectivity index (χ0) is 10.6. The van der Waals surface area contributed by atoms with Gasteiger partial charge in [0, 0.05) is 0 Å². The fourth-order valence-corrected chi connectivity index (χ4v) is 1.79. The van der Waals surface area contributed by atoms with Crippen LogP contribution in [0.5, 0.6) is 0 Å². The second kappa shape index (κ2) is 5.02. The molecule has 1 nitrogen and oxygen atoms in total. The molecule has 2 heteroatoms. The Bertz CT molecular complexity index is 342. The van der Waals surface area contributed by atoms with Crippen molar-refractivity contribution in [3.63, 3.8) is 0 Å². The predicted molar refractivity (Wildman–Crippen MR) is 59.8 cm³/mol. The molecule has 0 saturated carbocycles. The molecule has 74 valence electrons. The van der Waals surface area contributed by atoms with Crippen molar-refractivity contribution in [2.45, 2.75) is 26.7 Å². The Hall–Kier alpha value is -1.00. The van der Waals surface area contributed by atoms with Crippen LogP contribution in [0.4, 0.5) is 0 Å². The lowest BCUT2D eigenvalue weighted by Gasteiger charge is -2.11. The minimum absolute atomic E-state index is 0.481. The maximum Gasteiger partial charge on any atom is 0.101 e. The molecule has 14 heavy (non-hydrogen) atoms. The van der Waals surface area contributed by atoms with Gasteiger partial charge in [0.2, 0.25) is 0 Å². The van der Waals surface area contributed by atoms with Gasteiger partial charge in [-0.15, -0.1) is 0 Å².